The Morgan fingerprint density at radius 2 is 1.77 bits per heavy atom. The molecule has 0 bridgehead atoms. The van der Waals surface area contributed by atoms with Gasteiger partial charge in [0.1, 0.15) is 0 Å². The van der Waals surface area contributed by atoms with E-state index in [1.165, 1.54) is 18.5 Å². The summed E-state index contributed by atoms with van der Waals surface area (Å²) in [6.07, 6.45) is 7.14. The summed E-state index contributed by atoms with van der Waals surface area (Å²) < 4.78 is 0. The number of para-hydroxylation sites is 2. The molecule has 2 amide bonds. The largest absolute Gasteiger partial charge is 0.365 e. The predicted molar refractivity (Wildman–Crippen MR) is 103 cm³/mol. The average molecular weight is 355 g/mol. The number of hydrogen-bond acceptors (Lipinski definition) is 3. The summed E-state index contributed by atoms with van der Waals surface area (Å²) in [6, 6.07) is 8.75. The quantitative estimate of drug-likeness (QED) is 0.883. The Hall–Kier alpha value is -2.04. The third-order valence-electron chi connectivity index (χ3n) is 5.93. The van der Waals surface area contributed by atoms with Crippen LogP contribution in [0.2, 0.25) is 0 Å². The van der Waals surface area contributed by atoms with Crippen molar-refractivity contribution in [3.05, 3.63) is 24.3 Å². The standard InChI is InChI=1S/C21H29N3O2/c1-15(22-21(26)16-6-2-3-7-16)14-20(25)24-13-12-23(17-10-11-17)18-8-4-5-9-19(18)24/h4-5,8-9,15-17H,2-3,6-7,10-14H2,1H3,(H,22,26). The minimum Gasteiger partial charge on any atom is -0.365 e. The first-order valence-corrected chi connectivity index (χ1v) is 10.1. The van der Waals surface area contributed by atoms with Crippen LogP contribution in [0.15, 0.2) is 24.3 Å². The fourth-order valence-corrected chi connectivity index (χ4v) is 4.38. The molecule has 1 atom stereocenters. The van der Waals surface area contributed by atoms with Crippen LogP contribution in [0.25, 0.3) is 0 Å². The van der Waals surface area contributed by atoms with E-state index < -0.39 is 0 Å². The molecule has 1 N–H and O–H groups in total. The normalized spacial score (nSPS) is 21.4. The molecule has 0 spiro atoms. The summed E-state index contributed by atoms with van der Waals surface area (Å²) in [7, 11) is 0. The molecule has 1 aromatic carbocycles. The Morgan fingerprint density at radius 1 is 1.08 bits per heavy atom. The van der Waals surface area contributed by atoms with Crippen LogP contribution >= 0.6 is 0 Å². The molecule has 1 aliphatic heterocycles. The van der Waals surface area contributed by atoms with Gasteiger partial charge < -0.3 is 15.1 Å². The Kier molecular flexibility index (Phi) is 4.88. The second-order valence-corrected chi connectivity index (χ2v) is 8.05. The first-order valence-electron chi connectivity index (χ1n) is 10.1. The van der Waals surface area contributed by atoms with Gasteiger partial charge in [0.15, 0.2) is 0 Å². The summed E-state index contributed by atoms with van der Waals surface area (Å²) in [5.74, 6) is 0.379. The first-order chi connectivity index (χ1) is 12.6. The van der Waals surface area contributed by atoms with E-state index in [-0.39, 0.29) is 23.8 Å². The molecule has 0 saturated heterocycles. The summed E-state index contributed by atoms with van der Waals surface area (Å²) in [4.78, 5) is 29.6. The Balaban J connectivity index is 1.39. The fraction of sp³-hybridized carbons (Fsp3) is 0.619. The number of nitrogens with one attached hydrogen (secondary N) is 1. The van der Waals surface area contributed by atoms with Crippen LogP contribution < -0.4 is 15.1 Å². The van der Waals surface area contributed by atoms with Gasteiger partial charge in [0.05, 0.1) is 11.4 Å². The van der Waals surface area contributed by atoms with Gasteiger partial charge in [0.2, 0.25) is 11.8 Å². The van der Waals surface area contributed by atoms with Crippen molar-refractivity contribution < 1.29 is 9.59 Å². The highest BCUT2D eigenvalue weighted by molar-refractivity contribution is 5.98. The van der Waals surface area contributed by atoms with Crippen molar-refractivity contribution in [1.82, 2.24) is 5.32 Å². The van der Waals surface area contributed by atoms with Crippen LogP contribution in [-0.2, 0) is 9.59 Å². The predicted octanol–water partition coefficient (Wildman–Crippen LogP) is 3.09. The minimum atomic E-state index is -0.121. The van der Waals surface area contributed by atoms with Gasteiger partial charge in [0, 0.05) is 37.5 Å². The second kappa shape index (κ2) is 7.29. The average Bonchev–Trinajstić information content (AvgIpc) is 3.33. The van der Waals surface area contributed by atoms with E-state index in [1.54, 1.807) is 0 Å². The van der Waals surface area contributed by atoms with Gasteiger partial charge >= 0.3 is 0 Å². The van der Waals surface area contributed by atoms with Crippen molar-refractivity contribution in [3.8, 4) is 0 Å². The van der Waals surface area contributed by atoms with E-state index in [4.69, 9.17) is 0 Å². The molecule has 2 fully saturated rings. The Bertz CT molecular complexity index is 680. The van der Waals surface area contributed by atoms with Crippen molar-refractivity contribution in [3.63, 3.8) is 0 Å². The fourth-order valence-electron chi connectivity index (χ4n) is 4.38. The van der Waals surface area contributed by atoms with Gasteiger partial charge in [0.25, 0.3) is 0 Å². The van der Waals surface area contributed by atoms with Gasteiger partial charge in [-0.1, -0.05) is 25.0 Å². The zero-order chi connectivity index (χ0) is 18.1. The van der Waals surface area contributed by atoms with E-state index in [9.17, 15) is 9.59 Å². The Morgan fingerprint density at radius 3 is 2.46 bits per heavy atom. The van der Waals surface area contributed by atoms with Crippen molar-refractivity contribution in [2.45, 2.75) is 64.0 Å². The molecule has 1 aromatic rings. The number of rotatable bonds is 5. The van der Waals surface area contributed by atoms with Gasteiger partial charge in [-0.15, -0.1) is 0 Å². The Labute approximate surface area is 155 Å². The molecule has 2 aliphatic carbocycles. The number of nitrogens with zero attached hydrogens (tertiary/aromatic N) is 2. The van der Waals surface area contributed by atoms with E-state index >= 15 is 0 Å². The molecule has 4 rings (SSSR count). The van der Waals surface area contributed by atoms with Gasteiger partial charge in [-0.3, -0.25) is 9.59 Å². The van der Waals surface area contributed by atoms with E-state index in [1.807, 2.05) is 30.0 Å². The highest BCUT2D eigenvalue weighted by Gasteiger charge is 2.35. The van der Waals surface area contributed by atoms with Crippen LogP contribution in [0.4, 0.5) is 11.4 Å². The third kappa shape index (κ3) is 3.57. The van der Waals surface area contributed by atoms with E-state index in [0.29, 0.717) is 12.5 Å². The first kappa shape index (κ1) is 17.4. The lowest BCUT2D eigenvalue weighted by Gasteiger charge is -2.38. The molecule has 5 nitrogen and oxygen atoms in total. The zero-order valence-corrected chi connectivity index (χ0v) is 15.6. The van der Waals surface area contributed by atoms with Gasteiger partial charge in [-0.25, -0.2) is 0 Å². The number of carbonyl (C=O) groups is 2. The molecule has 1 heterocycles. The third-order valence-corrected chi connectivity index (χ3v) is 5.93. The van der Waals surface area contributed by atoms with Crippen molar-refractivity contribution in [1.29, 1.82) is 0 Å². The minimum absolute atomic E-state index is 0.104. The number of anilines is 2. The maximum absolute atomic E-state index is 12.9. The smallest absolute Gasteiger partial charge is 0.229 e. The SMILES string of the molecule is CC(CC(=O)N1CCN(C2CC2)c2ccccc21)NC(=O)C1CCCC1. The monoisotopic (exact) mass is 355 g/mol. The summed E-state index contributed by atoms with van der Waals surface area (Å²) in [5.41, 5.74) is 2.20. The van der Waals surface area contributed by atoms with E-state index in [2.05, 4.69) is 16.3 Å². The number of hydrogen-bond donors (Lipinski definition) is 1. The lowest BCUT2D eigenvalue weighted by Crippen LogP contribution is -2.47. The lowest BCUT2D eigenvalue weighted by atomic mass is 10.1. The van der Waals surface area contributed by atoms with Crippen LogP contribution in [0.5, 0.6) is 0 Å². The van der Waals surface area contributed by atoms with Crippen LogP contribution in [0.3, 0.4) is 0 Å². The molecule has 140 valence electrons. The van der Waals surface area contributed by atoms with Gasteiger partial charge in [-0.2, -0.15) is 0 Å². The second-order valence-electron chi connectivity index (χ2n) is 8.05. The van der Waals surface area contributed by atoms with Crippen LogP contribution in [-0.4, -0.2) is 37.0 Å². The highest BCUT2D eigenvalue weighted by atomic mass is 16.2. The number of carbonyl (C=O) groups excluding carboxylic acids is 2. The molecular weight excluding hydrogens is 326 g/mol. The van der Waals surface area contributed by atoms with Crippen LogP contribution in [0.1, 0.15) is 51.9 Å². The molecule has 0 radical (unpaired) electrons. The molecule has 2 saturated carbocycles. The van der Waals surface area contributed by atoms with Crippen molar-refractivity contribution in [2.24, 2.45) is 5.92 Å². The highest BCUT2D eigenvalue weighted by Crippen LogP contribution is 2.40. The van der Waals surface area contributed by atoms with E-state index in [0.717, 1.165) is 44.5 Å². The molecular formula is C21H29N3O2. The summed E-state index contributed by atoms with van der Waals surface area (Å²) >= 11 is 0. The lowest BCUT2D eigenvalue weighted by molar-refractivity contribution is -0.125. The number of benzene rings is 1. The van der Waals surface area contributed by atoms with Crippen molar-refractivity contribution in [2.75, 3.05) is 22.9 Å². The van der Waals surface area contributed by atoms with Crippen LogP contribution in [0, 0.1) is 5.92 Å². The molecule has 3 aliphatic rings. The van der Waals surface area contributed by atoms with Gasteiger partial charge in [-0.05, 0) is 44.7 Å². The number of fused-ring (bicyclic) bond motifs is 1. The summed E-state index contributed by atoms with van der Waals surface area (Å²) in [5, 5.41) is 3.06. The maximum Gasteiger partial charge on any atom is 0.229 e. The molecule has 26 heavy (non-hydrogen) atoms. The zero-order valence-electron chi connectivity index (χ0n) is 15.6. The topological polar surface area (TPSA) is 52.7 Å². The summed E-state index contributed by atoms with van der Waals surface area (Å²) in [6.45, 7) is 3.57. The molecule has 1 unspecified atom stereocenters. The maximum atomic E-state index is 12.9. The van der Waals surface area contributed by atoms with Crippen molar-refractivity contribution >= 4 is 23.2 Å². The molecule has 5 heteroatoms. The molecule has 0 aromatic heterocycles. The number of amides is 2.